The quantitative estimate of drug-likeness (QED) is 0.267. The molecule has 0 fully saturated rings. The number of aryl methyl sites for hydroxylation is 1. The van der Waals surface area contributed by atoms with Crippen LogP contribution in [-0.4, -0.2) is 33.1 Å². The van der Waals surface area contributed by atoms with E-state index < -0.39 is 11.7 Å². The molecule has 0 radical (unpaired) electrons. The van der Waals surface area contributed by atoms with E-state index in [-0.39, 0.29) is 28.9 Å². The summed E-state index contributed by atoms with van der Waals surface area (Å²) in [5, 5.41) is 14.7. The second kappa shape index (κ2) is 10.7. The van der Waals surface area contributed by atoms with Crippen LogP contribution >= 0.6 is 23.2 Å². The lowest BCUT2D eigenvalue weighted by molar-refractivity contribution is -0.137. The molecule has 5 nitrogen and oxygen atoms in total. The van der Waals surface area contributed by atoms with E-state index in [1.54, 1.807) is 10.9 Å². The lowest BCUT2D eigenvalue weighted by atomic mass is 9.97. The van der Waals surface area contributed by atoms with Crippen molar-refractivity contribution in [2.45, 2.75) is 39.3 Å². The number of aliphatic hydroxyl groups excluding tert-OH is 1. The van der Waals surface area contributed by atoms with Gasteiger partial charge in [0.1, 0.15) is 18.0 Å². The summed E-state index contributed by atoms with van der Waals surface area (Å²) < 4.78 is 47.2. The Morgan fingerprint density at radius 3 is 2.36 bits per heavy atom. The van der Waals surface area contributed by atoms with Crippen molar-refractivity contribution >= 4 is 34.1 Å². The van der Waals surface area contributed by atoms with Crippen molar-refractivity contribution in [3.63, 3.8) is 0 Å². The van der Waals surface area contributed by atoms with Gasteiger partial charge in [-0.1, -0.05) is 43.1 Å². The third kappa shape index (κ3) is 5.03. The van der Waals surface area contributed by atoms with E-state index in [0.29, 0.717) is 25.0 Å². The number of rotatable bonds is 8. The molecule has 2 aromatic carbocycles. The molecule has 10 heteroatoms. The molecule has 2 heterocycles. The molecule has 0 saturated carbocycles. The number of aliphatic hydroxyl groups is 1. The van der Waals surface area contributed by atoms with E-state index in [9.17, 15) is 18.3 Å². The largest absolute Gasteiger partial charge is 0.491 e. The number of ether oxygens (including phenoxy) is 1. The van der Waals surface area contributed by atoms with Crippen molar-refractivity contribution in [3.05, 3.63) is 80.7 Å². The third-order valence-corrected chi connectivity index (χ3v) is 6.51. The van der Waals surface area contributed by atoms with Crippen LogP contribution in [0.4, 0.5) is 13.2 Å². The molecule has 1 N–H and O–H groups in total. The van der Waals surface area contributed by atoms with Gasteiger partial charge < -0.3 is 9.84 Å². The summed E-state index contributed by atoms with van der Waals surface area (Å²) in [6.45, 7) is 3.88. The molecule has 0 bridgehead atoms. The van der Waals surface area contributed by atoms with Gasteiger partial charge in [-0.3, -0.25) is 4.98 Å². The van der Waals surface area contributed by atoms with Crippen LogP contribution in [0.25, 0.3) is 16.6 Å². The van der Waals surface area contributed by atoms with Gasteiger partial charge in [-0.2, -0.15) is 18.3 Å². The van der Waals surface area contributed by atoms with Gasteiger partial charge in [-0.25, -0.2) is 4.68 Å². The molecule has 0 atom stereocenters. The van der Waals surface area contributed by atoms with Gasteiger partial charge in [0.15, 0.2) is 0 Å². The first kappa shape index (κ1) is 26.3. The van der Waals surface area contributed by atoms with Crippen molar-refractivity contribution < 1.29 is 23.0 Å². The lowest BCUT2D eigenvalue weighted by Crippen LogP contribution is -2.09. The van der Waals surface area contributed by atoms with Crippen LogP contribution in [0, 0.1) is 0 Å². The molecule has 4 aromatic rings. The molecule has 0 aliphatic heterocycles. The summed E-state index contributed by atoms with van der Waals surface area (Å²) in [6, 6.07) is 9.29. The number of hydrogen-bond acceptors (Lipinski definition) is 4. The maximum absolute atomic E-state index is 13.3. The van der Waals surface area contributed by atoms with E-state index in [4.69, 9.17) is 33.0 Å². The predicted octanol–water partition coefficient (Wildman–Crippen LogP) is 6.83. The Kier molecular flexibility index (Phi) is 7.78. The summed E-state index contributed by atoms with van der Waals surface area (Å²) in [4.78, 5) is 4.56. The van der Waals surface area contributed by atoms with Crippen molar-refractivity contribution in [2.75, 3.05) is 13.2 Å². The van der Waals surface area contributed by atoms with Crippen LogP contribution in [0.5, 0.6) is 5.75 Å². The Morgan fingerprint density at radius 2 is 1.75 bits per heavy atom. The Hall–Kier alpha value is -2.81. The number of fused-ring (bicyclic) bond motifs is 1. The maximum atomic E-state index is 13.3. The van der Waals surface area contributed by atoms with Crippen molar-refractivity contribution in [1.29, 1.82) is 0 Å². The van der Waals surface area contributed by atoms with Gasteiger partial charge in [0, 0.05) is 34.8 Å². The van der Waals surface area contributed by atoms with Gasteiger partial charge in [-0.05, 0) is 43.2 Å². The SMILES string of the molecule is CCc1nn(-c2c(Cl)cc(C(F)(F)F)cc2Cl)c(CC)c1Cc1c(OCCO)ccc2cccnc12. The molecule has 0 unspecified atom stereocenters. The fourth-order valence-corrected chi connectivity index (χ4v) is 4.98. The van der Waals surface area contributed by atoms with E-state index in [1.807, 2.05) is 38.1 Å². The molecular formula is C26H24Cl2F3N3O2. The van der Waals surface area contributed by atoms with E-state index in [1.165, 1.54) is 0 Å². The van der Waals surface area contributed by atoms with E-state index >= 15 is 0 Å². The average molecular weight is 538 g/mol. The highest BCUT2D eigenvalue weighted by atomic mass is 35.5. The number of alkyl halides is 3. The van der Waals surface area contributed by atoms with Crippen LogP contribution in [0.15, 0.2) is 42.6 Å². The van der Waals surface area contributed by atoms with Crippen LogP contribution in [0.1, 0.15) is 41.9 Å². The van der Waals surface area contributed by atoms with Gasteiger partial charge in [0.2, 0.25) is 0 Å². The predicted molar refractivity (Wildman–Crippen MR) is 134 cm³/mol. The highest BCUT2D eigenvalue weighted by Crippen LogP contribution is 2.39. The first-order chi connectivity index (χ1) is 17.2. The molecule has 2 aromatic heterocycles. The molecule has 36 heavy (non-hydrogen) atoms. The number of hydrogen-bond donors (Lipinski definition) is 1. The molecular weight excluding hydrogens is 514 g/mol. The van der Waals surface area contributed by atoms with Gasteiger partial charge in [0.25, 0.3) is 0 Å². The number of pyridine rings is 1. The summed E-state index contributed by atoms with van der Waals surface area (Å²) in [5.74, 6) is 0.595. The summed E-state index contributed by atoms with van der Waals surface area (Å²) in [5.41, 5.74) is 3.31. The second-order valence-electron chi connectivity index (χ2n) is 8.14. The Balaban J connectivity index is 1.89. The van der Waals surface area contributed by atoms with Crippen molar-refractivity contribution in [1.82, 2.24) is 14.8 Å². The Bertz CT molecular complexity index is 1380. The van der Waals surface area contributed by atoms with Gasteiger partial charge in [-0.15, -0.1) is 0 Å². The normalized spacial score (nSPS) is 11.9. The second-order valence-corrected chi connectivity index (χ2v) is 8.96. The minimum atomic E-state index is -4.57. The molecule has 0 spiro atoms. The molecule has 190 valence electrons. The first-order valence-electron chi connectivity index (χ1n) is 11.5. The monoisotopic (exact) mass is 537 g/mol. The molecule has 0 saturated heterocycles. The van der Waals surface area contributed by atoms with Crippen molar-refractivity contribution in [2.24, 2.45) is 0 Å². The molecule has 4 rings (SSSR count). The van der Waals surface area contributed by atoms with Crippen LogP contribution in [0.2, 0.25) is 10.0 Å². The Morgan fingerprint density at radius 1 is 1.03 bits per heavy atom. The average Bonchev–Trinajstić information content (AvgIpc) is 3.19. The summed E-state index contributed by atoms with van der Waals surface area (Å²) in [7, 11) is 0. The lowest BCUT2D eigenvalue weighted by Gasteiger charge is -2.16. The van der Waals surface area contributed by atoms with Gasteiger partial charge in [0.05, 0.1) is 33.4 Å². The van der Waals surface area contributed by atoms with Crippen LogP contribution < -0.4 is 4.74 Å². The smallest absolute Gasteiger partial charge is 0.416 e. The minimum Gasteiger partial charge on any atom is -0.491 e. The maximum Gasteiger partial charge on any atom is 0.416 e. The van der Waals surface area contributed by atoms with Crippen LogP contribution in [0.3, 0.4) is 0 Å². The number of aromatic nitrogens is 3. The number of benzene rings is 2. The van der Waals surface area contributed by atoms with E-state index in [2.05, 4.69) is 4.98 Å². The minimum absolute atomic E-state index is 0.128. The Labute approximate surface area is 216 Å². The summed E-state index contributed by atoms with van der Waals surface area (Å²) in [6.07, 6.45) is -1.35. The fraction of sp³-hybridized carbons (Fsp3) is 0.308. The zero-order chi connectivity index (χ0) is 26.0. The zero-order valence-corrected chi connectivity index (χ0v) is 21.2. The zero-order valence-electron chi connectivity index (χ0n) is 19.7. The standard InChI is InChI=1S/C26H24Cl2F3N3O2/c1-3-21-17(14-18-23(36-11-10-35)8-7-15-6-5-9-32-24(15)18)22(4-2)34(33-21)25-19(27)12-16(13-20(25)28)26(29,30)31/h5-9,12-13,35H,3-4,10-11,14H2,1-2H3. The van der Waals surface area contributed by atoms with E-state index in [0.717, 1.165) is 45.6 Å². The van der Waals surface area contributed by atoms with Crippen molar-refractivity contribution in [3.8, 4) is 11.4 Å². The first-order valence-corrected chi connectivity index (χ1v) is 12.2. The molecule has 0 aliphatic rings. The van der Waals surface area contributed by atoms with Crippen LogP contribution in [-0.2, 0) is 25.4 Å². The molecule has 0 amide bonds. The molecule has 0 aliphatic carbocycles. The van der Waals surface area contributed by atoms with Gasteiger partial charge >= 0.3 is 6.18 Å². The highest BCUT2D eigenvalue weighted by Gasteiger charge is 2.33. The highest BCUT2D eigenvalue weighted by molar-refractivity contribution is 6.37. The third-order valence-electron chi connectivity index (χ3n) is 5.94. The fourth-order valence-electron chi connectivity index (χ4n) is 4.33. The number of halogens is 5. The number of nitrogens with zero attached hydrogens (tertiary/aromatic N) is 3. The summed E-state index contributed by atoms with van der Waals surface area (Å²) >= 11 is 12.7. The topological polar surface area (TPSA) is 60.2 Å².